The molecule has 0 aliphatic carbocycles. The summed E-state index contributed by atoms with van der Waals surface area (Å²) >= 11 is 0. The van der Waals surface area contributed by atoms with Crippen molar-refractivity contribution in [1.29, 1.82) is 0 Å². The van der Waals surface area contributed by atoms with Crippen molar-refractivity contribution >= 4 is 21.5 Å². The number of hydrogen-bond donors (Lipinski definition) is 1. The van der Waals surface area contributed by atoms with E-state index in [0.717, 1.165) is 52.0 Å². The van der Waals surface area contributed by atoms with Crippen LogP contribution in [0.1, 0.15) is 86.2 Å². The van der Waals surface area contributed by atoms with Crippen LogP contribution in [0.3, 0.4) is 0 Å². The van der Waals surface area contributed by atoms with Gasteiger partial charge in [-0.3, -0.25) is 23.6 Å². The summed E-state index contributed by atoms with van der Waals surface area (Å²) in [5.41, 5.74) is -0.390. The third kappa shape index (κ3) is 9.10. The molecular formula is C30H49N5O5S. The largest absolute Gasteiger partial charge is 0.488 e. The molecule has 11 heteroatoms. The Kier molecular flexibility index (Phi) is 11.1. The molecule has 0 unspecified atom stereocenters. The second-order valence-electron chi connectivity index (χ2n) is 12.1. The number of sulfonamides is 1. The highest BCUT2D eigenvalue weighted by Gasteiger charge is 2.26. The van der Waals surface area contributed by atoms with E-state index >= 15 is 0 Å². The first kappa shape index (κ1) is 32.7. The predicted molar refractivity (Wildman–Crippen MR) is 167 cm³/mol. The van der Waals surface area contributed by atoms with Crippen molar-refractivity contribution in [2.75, 3.05) is 48.1 Å². The van der Waals surface area contributed by atoms with Crippen molar-refractivity contribution in [1.82, 2.24) is 14.0 Å². The van der Waals surface area contributed by atoms with Crippen molar-refractivity contribution in [2.24, 2.45) is 0 Å². The smallest absolute Gasteiger partial charge is 0.333 e. The van der Waals surface area contributed by atoms with Gasteiger partial charge in [0.2, 0.25) is 10.0 Å². The lowest BCUT2D eigenvalue weighted by Gasteiger charge is -2.38. The van der Waals surface area contributed by atoms with Gasteiger partial charge in [0.05, 0.1) is 5.75 Å². The van der Waals surface area contributed by atoms with E-state index in [0.29, 0.717) is 23.7 Å². The summed E-state index contributed by atoms with van der Waals surface area (Å²) < 4.78 is 36.5. The zero-order valence-corrected chi connectivity index (χ0v) is 26.7. The third-order valence-electron chi connectivity index (χ3n) is 7.45. The van der Waals surface area contributed by atoms with Crippen LogP contribution in [0.15, 0.2) is 39.9 Å². The van der Waals surface area contributed by atoms with E-state index < -0.39 is 15.6 Å². The lowest BCUT2D eigenvalue weighted by Crippen LogP contribution is -2.51. The molecular weight excluding hydrogens is 542 g/mol. The molecule has 230 valence electrons. The maximum atomic E-state index is 13.1. The summed E-state index contributed by atoms with van der Waals surface area (Å²) in [4.78, 5) is 30.4. The van der Waals surface area contributed by atoms with Gasteiger partial charge < -0.3 is 9.64 Å². The molecule has 1 aromatic carbocycles. The second-order valence-corrected chi connectivity index (χ2v) is 14.0. The van der Waals surface area contributed by atoms with Gasteiger partial charge >= 0.3 is 5.69 Å². The molecule has 1 saturated heterocycles. The number of aromatic nitrogens is 2. The molecule has 1 aromatic heterocycles. The molecule has 10 nitrogen and oxygen atoms in total. The fraction of sp³-hybridized carbons (Fsp3) is 0.667. The number of rotatable bonds is 14. The van der Waals surface area contributed by atoms with E-state index in [-0.39, 0.29) is 29.1 Å². The number of nitrogens with one attached hydrogen (secondary N) is 1. The van der Waals surface area contributed by atoms with Gasteiger partial charge in [-0.15, -0.1) is 0 Å². The summed E-state index contributed by atoms with van der Waals surface area (Å²) in [6.45, 7) is 17.8. The maximum absolute atomic E-state index is 13.1. The van der Waals surface area contributed by atoms with Gasteiger partial charge in [-0.25, -0.2) is 13.2 Å². The summed E-state index contributed by atoms with van der Waals surface area (Å²) in [6, 6.07) is 8.42. The molecule has 1 N–H and O–H groups in total. The minimum atomic E-state index is -3.35. The van der Waals surface area contributed by atoms with E-state index in [1.807, 2.05) is 34.6 Å². The lowest BCUT2D eigenvalue weighted by atomic mass is 10.0. The monoisotopic (exact) mass is 591 g/mol. The lowest BCUT2D eigenvalue weighted by molar-refractivity contribution is 0.0821. The molecule has 1 aliphatic heterocycles. The molecule has 3 rings (SSSR count). The van der Waals surface area contributed by atoms with E-state index in [9.17, 15) is 18.0 Å². The Balaban J connectivity index is 1.54. The van der Waals surface area contributed by atoms with Crippen LogP contribution >= 0.6 is 0 Å². The van der Waals surface area contributed by atoms with Crippen LogP contribution in [0.4, 0.5) is 11.5 Å². The first-order chi connectivity index (χ1) is 19.2. The average Bonchev–Trinajstić information content (AvgIpc) is 2.88. The first-order valence-electron chi connectivity index (χ1n) is 14.9. The molecule has 0 bridgehead atoms. The van der Waals surface area contributed by atoms with Crippen LogP contribution in [0.2, 0.25) is 0 Å². The zero-order chi connectivity index (χ0) is 30.4. The van der Waals surface area contributed by atoms with Gasteiger partial charge in [-0.05, 0) is 78.6 Å². The molecule has 41 heavy (non-hydrogen) atoms. The van der Waals surface area contributed by atoms with E-state index in [4.69, 9.17) is 4.74 Å². The van der Waals surface area contributed by atoms with Crippen LogP contribution < -0.4 is 25.6 Å². The Morgan fingerprint density at radius 1 is 0.927 bits per heavy atom. The minimum Gasteiger partial charge on any atom is -0.488 e. The molecule has 0 spiro atoms. The Labute approximate surface area is 245 Å². The van der Waals surface area contributed by atoms with E-state index in [1.165, 1.54) is 4.57 Å². The number of nitrogens with zero attached hydrogens (tertiary/aromatic N) is 4. The minimum absolute atomic E-state index is 0.0564. The summed E-state index contributed by atoms with van der Waals surface area (Å²) in [6.07, 6.45) is 3.33. The van der Waals surface area contributed by atoms with Crippen LogP contribution in [-0.2, 0) is 10.0 Å². The fourth-order valence-corrected chi connectivity index (χ4v) is 6.31. The van der Waals surface area contributed by atoms with Crippen LogP contribution in [-0.4, -0.2) is 66.5 Å². The fourth-order valence-electron chi connectivity index (χ4n) is 5.12. The normalized spacial score (nSPS) is 15.1. The zero-order valence-electron chi connectivity index (χ0n) is 25.9. The summed E-state index contributed by atoms with van der Waals surface area (Å²) in [5.74, 6) is 1.51. The standard InChI is InChI=1S/C30H49N5O5S/c1-8-9-10-21-41(38,39)31-25-11-13-26(14-12-25)40-30(6,7)15-16-32-17-19-33(20-18-32)27-22-28(36)35(24(4)5)29(37)34(27)23(2)3/h11-14,22-24,31H,8-10,15-21H2,1-7H3. The third-order valence-corrected chi connectivity index (χ3v) is 8.82. The van der Waals surface area contributed by atoms with Gasteiger partial charge in [-0.2, -0.15) is 0 Å². The Morgan fingerprint density at radius 3 is 2.10 bits per heavy atom. The van der Waals surface area contributed by atoms with Crippen molar-refractivity contribution in [2.45, 2.75) is 91.8 Å². The molecule has 1 fully saturated rings. The number of benzene rings is 1. The molecule has 0 saturated carbocycles. The van der Waals surface area contributed by atoms with Gasteiger partial charge in [0.1, 0.15) is 17.2 Å². The van der Waals surface area contributed by atoms with E-state index in [2.05, 4.69) is 28.4 Å². The summed E-state index contributed by atoms with van der Waals surface area (Å²) in [5, 5.41) is 0. The summed E-state index contributed by atoms with van der Waals surface area (Å²) in [7, 11) is -3.35. The van der Waals surface area contributed by atoms with Crippen molar-refractivity contribution < 1.29 is 13.2 Å². The predicted octanol–water partition coefficient (Wildman–Crippen LogP) is 4.47. The average molecular weight is 592 g/mol. The SMILES string of the molecule is CCCCCS(=O)(=O)Nc1ccc(OC(C)(C)CCN2CCN(c3cc(=O)n(C(C)C)c(=O)n3C(C)C)CC2)cc1. The van der Waals surface area contributed by atoms with Gasteiger partial charge in [0.15, 0.2) is 0 Å². The first-order valence-corrected chi connectivity index (χ1v) is 16.5. The van der Waals surface area contributed by atoms with Crippen molar-refractivity contribution in [3.8, 4) is 5.75 Å². The highest BCUT2D eigenvalue weighted by Crippen LogP contribution is 2.25. The highest BCUT2D eigenvalue weighted by molar-refractivity contribution is 7.92. The number of unbranched alkanes of at least 4 members (excludes halogenated alkanes) is 2. The number of hydrogen-bond acceptors (Lipinski definition) is 7. The topological polar surface area (TPSA) is 106 Å². The molecule has 1 aliphatic rings. The van der Waals surface area contributed by atoms with Gasteiger partial charge in [-0.1, -0.05) is 19.8 Å². The number of ether oxygens (including phenoxy) is 1. The Bertz CT molecular complexity index is 1360. The molecule has 2 aromatic rings. The Hall–Kier alpha value is -2.79. The van der Waals surface area contributed by atoms with Gasteiger partial charge in [0.25, 0.3) is 5.56 Å². The molecule has 2 heterocycles. The number of piperazine rings is 1. The Morgan fingerprint density at radius 2 is 1.54 bits per heavy atom. The molecule has 0 radical (unpaired) electrons. The van der Waals surface area contributed by atoms with Crippen molar-refractivity contribution in [3.05, 3.63) is 51.2 Å². The quantitative estimate of drug-likeness (QED) is 0.323. The van der Waals surface area contributed by atoms with Crippen LogP contribution in [0.25, 0.3) is 0 Å². The van der Waals surface area contributed by atoms with Crippen LogP contribution in [0.5, 0.6) is 5.75 Å². The van der Waals surface area contributed by atoms with Crippen molar-refractivity contribution in [3.63, 3.8) is 0 Å². The van der Waals surface area contributed by atoms with E-state index in [1.54, 1.807) is 34.9 Å². The molecule has 0 atom stereocenters. The second kappa shape index (κ2) is 13.9. The molecule has 0 amide bonds. The maximum Gasteiger partial charge on any atom is 0.333 e. The highest BCUT2D eigenvalue weighted by atomic mass is 32.2. The van der Waals surface area contributed by atoms with Gasteiger partial charge in [0, 0.05) is 56.6 Å². The number of anilines is 2. The van der Waals surface area contributed by atoms with Crippen LogP contribution in [0, 0.1) is 0 Å².